The number of para-hydroxylation sites is 1. The Morgan fingerprint density at radius 1 is 1.04 bits per heavy atom. The summed E-state index contributed by atoms with van der Waals surface area (Å²) in [5, 5.41) is 23.8. The average Bonchev–Trinajstić information content (AvgIpc) is 2.54. The smallest absolute Gasteiger partial charge is 0.325 e. The average molecular weight is 369 g/mol. The van der Waals surface area contributed by atoms with Gasteiger partial charge in [0.25, 0.3) is 11.4 Å². The van der Waals surface area contributed by atoms with Gasteiger partial charge in [0, 0.05) is 11.6 Å². The van der Waals surface area contributed by atoms with Crippen molar-refractivity contribution in [2.75, 3.05) is 5.32 Å². The highest BCUT2D eigenvalue weighted by molar-refractivity contribution is 5.93. The molecule has 0 heterocycles. The zero-order chi connectivity index (χ0) is 19.5. The standard InChI is InChI=1S/C15H10F3N3O5/c16-15(17,18)11-3-1-2-4-12(11)19-14(22)7-9-5-6-10(20(23)24)8-13(9)21(25)26/h1-6,8H,7H2,(H,19,22). The van der Waals surface area contributed by atoms with Crippen LogP contribution in [0.3, 0.4) is 0 Å². The molecule has 0 aromatic heterocycles. The first kappa shape index (κ1) is 18.8. The van der Waals surface area contributed by atoms with Gasteiger partial charge in [0.15, 0.2) is 0 Å². The molecule has 0 saturated heterocycles. The Morgan fingerprint density at radius 3 is 2.27 bits per heavy atom. The summed E-state index contributed by atoms with van der Waals surface area (Å²) in [7, 11) is 0. The summed E-state index contributed by atoms with van der Waals surface area (Å²) < 4.78 is 38.7. The minimum atomic E-state index is -4.69. The van der Waals surface area contributed by atoms with E-state index in [1.165, 1.54) is 6.07 Å². The predicted molar refractivity (Wildman–Crippen MR) is 83.5 cm³/mol. The van der Waals surface area contributed by atoms with Gasteiger partial charge in [-0.1, -0.05) is 12.1 Å². The number of halogens is 3. The summed E-state index contributed by atoms with van der Waals surface area (Å²) in [6.07, 6.45) is -5.32. The monoisotopic (exact) mass is 369 g/mol. The van der Waals surface area contributed by atoms with Crippen LogP contribution in [0.2, 0.25) is 0 Å². The molecule has 1 N–H and O–H groups in total. The van der Waals surface area contributed by atoms with Crippen molar-refractivity contribution in [2.45, 2.75) is 12.6 Å². The minimum Gasteiger partial charge on any atom is -0.325 e. The van der Waals surface area contributed by atoms with Gasteiger partial charge in [0.05, 0.1) is 33.6 Å². The molecule has 0 spiro atoms. The molecule has 0 aliphatic heterocycles. The number of nitro groups is 2. The second-order valence-electron chi connectivity index (χ2n) is 5.10. The predicted octanol–water partition coefficient (Wildman–Crippen LogP) is 3.70. The van der Waals surface area contributed by atoms with Crippen molar-refractivity contribution < 1.29 is 27.8 Å². The number of amides is 1. The van der Waals surface area contributed by atoms with Crippen LogP contribution in [0.4, 0.5) is 30.2 Å². The second kappa shape index (κ2) is 7.17. The zero-order valence-corrected chi connectivity index (χ0v) is 12.8. The third-order valence-electron chi connectivity index (χ3n) is 3.33. The van der Waals surface area contributed by atoms with Gasteiger partial charge >= 0.3 is 6.18 Å². The molecule has 2 rings (SSSR count). The van der Waals surface area contributed by atoms with Crippen LogP contribution in [-0.4, -0.2) is 15.8 Å². The molecular formula is C15H10F3N3O5. The van der Waals surface area contributed by atoms with Crippen molar-refractivity contribution in [3.05, 3.63) is 73.8 Å². The van der Waals surface area contributed by atoms with Gasteiger partial charge in [-0.2, -0.15) is 13.2 Å². The molecule has 0 bridgehead atoms. The van der Waals surface area contributed by atoms with E-state index in [1.807, 2.05) is 0 Å². The molecular weight excluding hydrogens is 359 g/mol. The Kier molecular flexibility index (Phi) is 5.19. The first-order valence-corrected chi connectivity index (χ1v) is 6.97. The lowest BCUT2D eigenvalue weighted by atomic mass is 10.1. The lowest BCUT2D eigenvalue weighted by Crippen LogP contribution is -2.18. The van der Waals surface area contributed by atoms with Crippen molar-refractivity contribution in [1.29, 1.82) is 0 Å². The highest BCUT2D eigenvalue weighted by atomic mass is 19.4. The van der Waals surface area contributed by atoms with E-state index in [0.29, 0.717) is 6.07 Å². The number of benzene rings is 2. The third-order valence-corrected chi connectivity index (χ3v) is 3.33. The fourth-order valence-corrected chi connectivity index (χ4v) is 2.19. The molecule has 2 aromatic rings. The summed E-state index contributed by atoms with van der Waals surface area (Å²) in [6.45, 7) is 0. The number of hydrogen-bond donors (Lipinski definition) is 1. The van der Waals surface area contributed by atoms with Crippen LogP contribution in [-0.2, 0) is 17.4 Å². The van der Waals surface area contributed by atoms with E-state index >= 15 is 0 Å². The van der Waals surface area contributed by atoms with Gasteiger partial charge < -0.3 is 5.32 Å². The Balaban J connectivity index is 2.27. The molecule has 2 aromatic carbocycles. The number of rotatable bonds is 5. The topological polar surface area (TPSA) is 115 Å². The number of nitrogens with zero attached hydrogens (tertiary/aromatic N) is 2. The van der Waals surface area contributed by atoms with E-state index in [1.54, 1.807) is 0 Å². The molecule has 0 aliphatic rings. The van der Waals surface area contributed by atoms with Gasteiger partial charge in [-0.3, -0.25) is 25.0 Å². The largest absolute Gasteiger partial charge is 0.418 e. The van der Waals surface area contributed by atoms with Crippen LogP contribution in [0.5, 0.6) is 0 Å². The maximum atomic E-state index is 12.9. The number of nitro benzene ring substituents is 2. The van der Waals surface area contributed by atoms with Crippen molar-refractivity contribution in [3.8, 4) is 0 Å². The van der Waals surface area contributed by atoms with Crippen LogP contribution in [0.1, 0.15) is 11.1 Å². The Hall–Kier alpha value is -3.50. The molecule has 0 atom stereocenters. The molecule has 1 amide bonds. The van der Waals surface area contributed by atoms with Gasteiger partial charge in [0.1, 0.15) is 0 Å². The Labute approximate surface area is 143 Å². The maximum absolute atomic E-state index is 12.9. The molecule has 136 valence electrons. The number of carbonyl (C=O) groups excluding carboxylic acids is 1. The van der Waals surface area contributed by atoms with Gasteiger partial charge in [-0.25, -0.2) is 0 Å². The molecule has 0 saturated carbocycles. The molecule has 0 aliphatic carbocycles. The van der Waals surface area contributed by atoms with E-state index in [-0.39, 0.29) is 5.56 Å². The van der Waals surface area contributed by atoms with E-state index in [2.05, 4.69) is 5.32 Å². The molecule has 11 heteroatoms. The quantitative estimate of drug-likeness (QED) is 0.637. The SMILES string of the molecule is O=C(Cc1ccc([N+](=O)[O-])cc1[N+](=O)[O-])Nc1ccccc1C(F)(F)F. The van der Waals surface area contributed by atoms with Gasteiger partial charge in [0.2, 0.25) is 5.91 Å². The Morgan fingerprint density at radius 2 is 1.69 bits per heavy atom. The molecule has 8 nitrogen and oxygen atoms in total. The van der Waals surface area contributed by atoms with Crippen molar-refractivity contribution in [3.63, 3.8) is 0 Å². The summed E-state index contributed by atoms with van der Waals surface area (Å²) in [4.78, 5) is 32.0. The van der Waals surface area contributed by atoms with Crippen LogP contribution >= 0.6 is 0 Å². The van der Waals surface area contributed by atoms with Crippen molar-refractivity contribution in [2.24, 2.45) is 0 Å². The van der Waals surface area contributed by atoms with Crippen LogP contribution < -0.4 is 5.32 Å². The van der Waals surface area contributed by atoms with Crippen molar-refractivity contribution >= 4 is 23.0 Å². The van der Waals surface area contributed by atoms with E-state index in [4.69, 9.17) is 0 Å². The number of alkyl halides is 3. The molecule has 26 heavy (non-hydrogen) atoms. The number of anilines is 1. The summed E-state index contributed by atoms with van der Waals surface area (Å²) in [5.74, 6) is -0.932. The zero-order valence-electron chi connectivity index (χ0n) is 12.8. The number of hydrogen-bond acceptors (Lipinski definition) is 5. The maximum Gasteiger partial charge on any atom is 0.418 e. The highest BCUT2D eigenvalue weighted by Crippen LogP contribution is 2.34. The fourth-order valence-electron chi connectivity index (χ4n) is 2.19. The number of nitrogens with one attached hydrogen (secondary N) is 1. The lowest BCUT2D eigenvalue weighted by molar-refractivity contribution is -0.394. The van der Waals surface area contributed by atoms with Crippen LogP contribution in [0.25, 0.3) is 0 Å². The summed E-state index contributed by atoms with van der Waals surface area (Å²) >= 11 is 0. The van der Waals surface area contributed by atoms with E-state index in [0.717, 1.165) is 30.3 Å². The number of non-ortho nitro benzene ring substituents is 1. The lowest BCUT2D eigenvalue weighted by Gasteiger charge is -2.13. The molecule has 0 unspecified atom stereocenters. The first-order chi connectivity index (χ1) is 12.1. The van der Waals surface area contributed by atoms with Crippen LogP contribution in [0, 0.1) is 20.2 Å². The number of carbonyl (C=O) groups is 1. The first-order valence-electron chi connectivity index (χ1n) is 6.97. The normalized spacial score (nSPS) is 11.0. The van der Waals surface area contributed by atoms with Crippen molar-refractivity contribution in [1.82, 2.24) is 0 Å². The molecule has 0 radical (unpaired) electrons. The van der Waals surface area contributed by atoms with Crippen LogP contribution in [0.15, 0.2) is 42.5 Å². The Bertz CT molecular complexity index is 883. The highest BCUT2D eigenvalue weighted by Gasteiger charge is 2.33. The van der Waals surface area contributed by atoms with Gasteiger partial charge in [-0.05, 0) is 18.2 Å². The third kappa shape index (κ3) is 4.32. The molecule has 0 fully saturated rings. The second-order valence-corrected chi connectivity index (χ2v) is 5.10. The van der Waals surface area contributed by atoms with E-state index < -0.39 is 51.0 Å². The van der Waals surface area contributed by atoms with E-state index in [9.17, 15) is 38.2 Å². The summed E-state index contributed by atoms with van der Waals surface area (Å²) in [5.41, 5.74) is -2.93. The summed E-state index contributed by atoms with van der Waals surface area (Å²) in [6, 6.07) is 6.95. The van der Waals surface area contributed by atoms with Gasteiger partial charge in [-0.15, -0.1) is 0 Å². The minimum absolute atomic E-state index is 0.164. The fraction of sp³-hybridized carbons (Fsp3) is 0.133.